The van der Waals surface area contributed by atoms with Crippen molar-refractivity contribution in [3.63, 3.8) is 0 Å². The largest absolute Gasteiger partial charge is 0.287 e. The summed E-state index contributed by atoms with van der Waals surface area (Å²) in [5.74, 6) is -0.108. The molecular weight excluding hydrogens is 271 g/mol. The minimum absolute atomic E-state index is 0.108. The van der Waals surface area contributed by atoms with Crippen LogP contribution in [-0.4, -0.2) is 15.6 Å². The molecule has 0 amide bonds. The molecule has 3 nitrogen and oxygen atoms in total. The number of carbonyl (C=O) groups excluding carboxylic acids is 1. The van der Waals surface area contributed by atoms with Gasteiger partial charge in [0, 0.05) is 12.6 Å². The van der Waals surface area contributed by atoms with Crippen molar-refractivity contribution in [2.45, 2.75) is 13.3 Å². The highest BCUT2D eigenvalue weighted by atomic mass is 35.5. The maximum absolute atomic E-state index is 12.3. The van der Waals surface area contributed by atoms with Crippen molar-refractivity contribution in [2.24, 2.45) is 7.05 Å². The maximum Gasteiger partial charge on any atom is 0.211 e. The van der Waals surface area contributed by atoms with Gasteiger partial charge in [0.05, 0.1) is 15.7 Å². The Morgan fingerprint density at radius 2 is 2.00 bits per heavy atom. The number of halogens is 2. The molecule has 0 spiro atoms. The summed E-state index contributed by atoms with van der Waals surface area (Å²) in [4.78, 5) is 12.3. The smallest absolute Gasteiger partial charge is 0.211 e. The van der Waals surface area contributed by atoms with Crippen LogP contribution in [0.1, 0.15) is 28.7 Å². The second-order valence-corrected chi connectivity index (χ2v) is 4.77. The van der Waals surface area contributed by atoms with Crippen molar-refractivity contribution in [3.8, 4) is 0 Å². The van der Waals surface area contributed by atoms with Gasteiger partial charge >= 0.3 is 0 Å². The first-order chi connectivity index (χ1) is 8.52. The summed E-state index contributed by atoms with van der Waals surface area (Å²) in [6.07, 6.45) is 0.794. The van der Waals surface area contributed by atoms with Crippen molar-refractivity contribution < 1.29 is 4.79 Å². The third-order valence-corrected chi connectivity index (χ3v) is 3.45. The zero-order valence-electron chi connectivity index (χ0n) is 10.1. The van der Waals surface area contributed by atoms with E-state index in [-0.39, 0.29) is 5.78 Å². The van der Waals surface area contributed by atoms with Gasteiger partial charge in [0.1, 0.15) is 5.69 Å². The Kier molecular flexibility index (Phi) is 3.73. The fraction of sp³-hybridized carbons (Fsp3) is 0.231. The lowest BCUT2D eigenvalue weighted by Gasteiger charge is -2.02. The summed E-state index contributed by atoms with van der Waals surface area (Å²) in [5.41, 5.74) is 1.95. The summed E-state index contributed by atoms with van der Waals surface area (Å²) < 4.78 is 1.59. The van der Waals surface area contributed by atoms with Gasteiger partial charge in [0.15, 0.2) is 0 Å². The highest BCUT2D eigenvalue weighted by molar-refractivity contribution is 6.42. The first-order valence-corrected chi connectivity index (χ1v) is 6.31. The van der Waals surface area contributed by atoms with E-state index in [1.165, 1.54) is 0 Å². The molecule has 0 bridgehead atoms. The molecule has 1 heterocycles. The van der Waals surface area contributed by atoms with E-state index in [2.05, 4.69) is 5.10 Å². The van der Waals surface area contributed by atoms with Crippen LogP contribution < -0.4 is 0 Å². The average molecular weight is 283 g/mol. The van der Waals surface area contributed by atoms with Crippen LogP contribution in [0.15, 0.2) is 24.3 Å². The third kappa shape index (κ3) is 2.42. The van der Waals surface area contributed by atoms with Crippen molar-refractivity contribution in [2.75, 3.05) is 0 Å². The topological polar surface area (TPSA) is 34.9 Å². The molecule has 1 aromatic carbocycles. The Hall–Kier alpha value is -1.32. The van der Waals surface area contributed by atoms with E-state index in [0.29, 0.717) is 21.3 Å². The number of benzene rings is 1. The minimum atomic E-state index is -0.108. The zero-order chi connectivity index (χ0) is 13.3. The molecule has 0 aliphatic rings. The number of aryl methyl sites for hydroxylation is 2. The molecule has 0 N–H and O–H groups in total. The van der Waals surface area contributed by atoms with Gasteiger partial charge in [-0.25, -0.2) is 0 Å². The van der Waals surface area contributed by atoms with E-state index in [1.807, 2.05) is 6.92 Å². The van der Waals surface area contributed by atoms with Crippen LogP contribution >= 0.6 is 23.2 Å². The van der Waals surface area contributed by atoms with Crippen LogP contribution in [0.25, 0.3) is 0 Å². The quantitative estimate of drug-likeness (QED) is 0.808. The molecule has 0 fully saturated rings. The summed E-state index contributed by atoms with van der Waals surface area (Å²) in [7, 11) is 1.75. The van der Waals surface area contributed by atoms with Crippen molar-refractivity contribution in [1.82, 2.24) is 9.78 Å². The molecule has 18 heavy (non-hydrogen) atoms. The lowest BCUT2D eigenvalue weighted by atomic mass is 10.1. The van der Waals surface area contributed by atoms with Crippen molar-refractivity contribution in [3.05, 3.63) is 51.3 Å². The van der Waals surface area contributed by atoms with Crippen molar-refractivity contribution >= 4 is 29.0 Å². The number of hydrogen-bond donors (Lipinski definition) is 0. The van der Waals surface area contributed by atoms with Gasteiger partial charge in [0.2, 0.25) is 5.78 Å². The molecule has 0 atom stereocenters. The average Bonchev–Trinajstić information content (AvgIpc) is 2.73. The van der Waals surface area contributed by atoms with E-state index in [4.69, 9.17) is 23.2 Å². The van der Waals surface area contributed by atoms with Crippen LogP contribution in [-0.2, 0) is 13.5 Å². The molecule has 0 saturated carbocycles. The van der Waals surface area contributed by atoms with Gasteiger partial charge < -0.3 is 0 Å². The third-order valence-electron chi connectivity index (χ3n) is 2.71. The van der Waals surface area contributed by atoms with Gasteiger partial charge in [-0.3, -0.25) is 9.48 Å². The number of carbonyl (C=O) groups is 1. The normalized spacial score (nSPS) is 10.7. The highest BCUT2D eigenvalue weighted by Crippen LogP contribution is 2.24. The number of nitrogens with zero attached hydrogens (tertiary/aromatic N) is 2. The van der Waals surface area contributed by atoms with Crippen LogP contribution in [0.2, 0.25) is 10.0 Å². The minimum Gasteiger partial charge on any atom is -0.287 e. The Balaban J connectivity index is 2.41. The molecule has 1 aromatic heterocycles. The monoisotopic (exact) mass is 282 g/mol. The number of rotatable bonds is 3. The van der Waals surface area contributed by atoms with E-state index < -0.39 is 0 Å². The molecule has 94 valence electrons. The number of ketones is 1. The van der Waals surface area contributed by atoms with Gasteiger partial charge in [-0.05, 0) is 30.7 Å². The Morgan fingerprint density at radius 1 is 1.28 bits per heavy atom. The zero-order valence-corrected chi connectivity index (χ0v) is 11.6. The molecule has 0 saturated heterocycles. The number of aromatic nitrogens is 2. The maximum atomic E-state index is 12.3. The van der Waals surface area contributed by atoms with E-state index >= 15 is 0 Å². The molecule has 0 unspecified atom stereocenters. The summed E-state index contributed by atoms with van der Waals surface area (Å²) in [6.45, 7) is 2.00. The van der Waals surface area contributed by atoms with Crippen LogP contribution in [0, 0.1) is 0 Å². The van der Waals surface area contributed by atoms with E-state index in [9.17, 15) is 4.79 Å². The van der Waals surface area contributed by atoms with Crippen LogP contribution in [0.3, 0.4) is 0 Å². The first-order valence-electron chi connectivity index (χ1n) is 5.55. The van der Waals surface area contributed by atoms with Gasteiger partial charge in [-0.2, -0.15) is 5.10 Å². The molecule has 2 aromatic rings. The molecule has 0 aliphatic heterocycles. The second-order valence-electron chi connectivity index (χ2n) is 3.96. The second kappa shape index (κ2) is 5.12. The van der Waals surface area contributed by atoms with E-state index in [1.54, 1.807) is 36.0 Å². The highest BCUT2D eigenvalue weighted by Gasteiger charge is 2.15. The predicted molar refractivity (Wildman–Crippen MR) is 72.5 cm³/mol. The van der Waals surface area contributed by atoms with Gasteiger partial charge in [-0.15, -0.1) is 0 Å². The van der Waals surface area contributed by atoms with Crippen LogP contribution in [0.5, 0.6) is 0 Å². The molecule has 0 aliphatic carbocycles. The SMILES string of the molecule is CCc1cc(C(=O)c2ccc(Cl)c(Cl)c2)n(C)n1. The Morgan fingerprint density at radius 3 is 2.56 bits per heavy atom. The molecule has 2 rings (SSSR count). The van der Waals surface area contributed by atoms with Crippen molar-refractivity contribution in [1.29, 1.82) is 0 Å². The van der Waals surface area contributed by atoms with Gasteiger partial charge in [-0.1, -0.05) is 30.1 Å². The Bertz CT molecular complexity index is 605. The summed E-state index contributed by atoms with van der Waals surface area (Å²) in [6, 6.07) is 6.65. The lowest BCUT2D eigenvalue weighted by molar-refractivity contribution is 0.103. The molecular formula is C13H12Cl2N2O. The van der Waals surface area contributed by atoms with E-state index in [0.717, 1.165) is 12.1 Å². The van der Waals surface area contributed by atoms with Gasteiger partial charge in [0.25, 0.3) is 0 Å². The summed E-state index contributed by atoms with van der Waals surface area (Å²) in [5, 5.41) is 5.07. The fourth-order valence-electron chi connectivity index (χ4n) is 1.70. The first kappa shape index (κ1) is 13.1. The summed E-state index contributed by atoms with van der Waals surface area (Å²) >= 11 is 11.7. The lowest BCUT2D eigenvalue weighted by Crippen LogP contribution is -2.08. The molecule has 0 radical (unpaired) electrons. The fourth-order valence-corrected chi connectivity index (χ4v) is 2.00. The molecule has 5 heteroatoms. The predicted octanol–water partition coefficient (Wildman–Crippen LogP) is 3.52. The number of hydrogen-bond acceptors (Lipinski definition) is 2. The Labute approximate surface area is 115 Å². The van der Waals surface area contributed by atoms with Crippen LogP contribution in [0.4, 0.5) is 0 Å². The standard InChI is InChI=1S/C13H12Cl2N2O/c1-3-9-7-12(17(2)16-9)13(18)8-4-5-10(14)11(15)6-8/h4-7H,3H2,1-2H3.